The third kappa shape index (κ3) is 5.08. The molecule has 1 aromatic heterocycles. The number of thioether (sulfide) groups is 1. The fourth-order valence-corrected chi connectivity index (χ4v) is 3.59. The molecule has 0 aliphatic rings. The predicted molar refractivity (Wildman–Crippen MR) is 102 cm³/mol. The normalized spacial score (nSPS) is 10.8. The number of hydrogen-bond acceptors (Lipinski definition) is 4. The van der Waals surface area contributed by atoms with Crippen LogP contribution in [0, 0.1) is 11.6 Å². The van der Waals surface area contributed by atoms with Crippen molar-refractivity contribution in [2.24, 2.45) is 0 Å². The maximum atomic E-state index is 13.2. The smallest absolute Gasteiger partial charge is 0.191 e. The lowest BCUT2D eigenvalue weighted by molar-refractivity contribution is 0.288. The van der Waals surface area contributed by atoms with Gasteiger partial charge in [-0.3, -0.25) is 4.57 Å². The molecule has 0 bridgehead atoms. The van der Waals surface area contributed by atoms with Gasteiger partial charge >= 0.3 is 0 Å². The number of halogens is 3. The standard InChI is InChI=1S/C19H16ClF2N3OS/c1-2-9-25-18(11-26-16-7-5-14(21)6-8-16)23-24-19(25)27-12-13-3-4-15(22)10-17(13)20/h2-8,10H,1,9,11-12H2. The minimum Gasteiger partial charge on any atom is -0.486 e. The molecule has 0 fully saturated rings. The molecule has 3 rings (SSSR count). The van der Waals surface area contributed by atoms with Gasteiger partial charge in [0.1, 0.15) is 24.0 Å². The van der Waals surface area contributed by atoms with Gasteiger partial charge in [0.05, 0.1) is 0 Å². The van der Waals surface area contributed by atoms with E-state index in [-0.39, 0.29) is 18.2 Å². The molecule has 1 heterocycles. The van der Waals surface area contributed by atoms with E-state index in [1.807, 2.05) is 4.57 Å². The van der Waals surface area contributed by atoms with Crippen LogP contribution in [0.3, 0.4) is 0 Å². The van der Waals surface area contributed by atoms with Gasteiger partial charge < -0.3 is 4.74 Å². The quantitative estimate of drug-likeness (QED) is 0.377. The fourth-order valence-electron chi connectivity index (χ4n) is 2.30. The Kier molecular flexibility index (Phi) is 6.47. The number of rotatable bonds is 8. The summed E-state index contributed by atoms with van der Waals surface area (Å²) in [7, 11) is 0. The van der Waals surface area contributed by atoms with Crippen LogP contribution in [0.1, 0.15) is 11.4 Å². The van der Waals surface area contributed by atoms with Gasteiger partial charge in [-0.1, -0.05) is 35.5 Å². The Morgan fingerprint density at radius 1 is 1.11 bits per heavy atom. The highest BCUT2D eigenvalue weighted by molar-refractivity contribution is 7.98. The van der Waals surface area contributed by atoms with Crippen molar-refractivity contribution in [1.29, 1.82) is 0 Å². The SMILES string of the molecule is C=CCn1c(COc2ccc(F)cc2)nnc1SCc1ccc(F)cc1Cl. The van der Waals surface area contributed by atoms with E-state index in [1.54, 1.807) is 24.3 Å². The van der Waals surface area contributed by atoms with Crippen molar-refractivity contribution in [3.63, 3.8) is 0 Å². The van der Waals surface area contributed by atoms with E-state index in [1.165, 1.54) is 36.0 Å². The molecule has 0 aliphatic carbocycles. The summed E-state index contributed by atoms with van der Waals surface area (Å²) in [6.07, 6.45) is 1.74. The zero-order valence-electron chi connectivity index (χ0n) is 14.2. The summed E-state index contributed by atoms with van der Waals surface area (Å²) in [5, 5.41) is 9.41. The molecule has 0 N–H and O–H groups in total. The lowest BCUT2D eigenvalue weighted by Crippen LogP contribution is -2.07. The van der Waals surface area contributed by atoms with Crippen molar-refractivity contribution in [1.82, 2.24) is 14.8 Å². The highest BCUT2D eigenvalue weighted by atomic mass is 35.5. The minimum absolute atomic E-state index is 0.185. The predicted octanol–water partition coefficient (Wildman–Crippen LogP) is 5.27. The van der Waals surface area contributed by atoms with Crippen LogP contribution in [0.15, 0.2) is 60.3 Å². The molecule has 0 radical (unpaired) electrons. The average Bonchev–Trinajstić information content (AvgIpc) is 3.03. The zero-order valence-corrected chi connectivity index (χ0v) is 15.8. The van der Waals surface area contributed by atoms with Gasteiger partial charge in [-0.15, -0.1) is 16.8 Å². The number of nitrogens with zero attached hydrogens (tertiary/aromatic N) is 3. The maximum absolute atomic E-state index is 13.2. The van der Waals surface area contributed by atoms with Gasteiger partial charge in [-0.05, 0) is 42.0 Å². The average molecular weight is 408 g/mol. The van der Waals surface area contributed by atoms with E-state index < -0.39 is 0 Å². The van der Waals surface area contributed by atoms with E-state index in [9.17, 15) is 8.78 Å². The summed E-state index contributed by atoms with van der Waals surface area (Å²) in [4.78, 5) is 0. The monoisotopic (exact) mass is 407 g/mol. The Bertz CT molecular complexity index is 931. The van der Waals surface area contributed by atoms with Gasteiger partial charge in [0, 0.05) is 17.3 Å². The summed E-state index contributed by atoms with van der Waals surface area (Å²) in [5.41, 5.74) is 0.806. The van der Waals surface area contributed by atoms with Gasteiger partial charge in [-0.2, -0.15) is 0 Å². The van der Waals surface area contributed by atoms with Crippen LogP contribution in [-0.4, -0.2) is 14.8 Å². The van der Waals surface area contributed by atoms with Gasteiger partial charge in [0.15, 0.2) is 11.0 Å². The first-order valence-electron chi connectivity index (χ1n) is 8.05. The summed E-state index contributed by atoms with van der Waals surface area (Å²) in [5.74, 6) is 0.982. The molecule has 0 unspecified atom stereocenters. The van der Waals surface area contributed by atoms with E-state index in [0.717, 1.165) is 5.56 Å². The largest absolute Gasteiger partial charge is 0.486 e. The third-order valence-corrected chi connectivity index (χ3v) is 5.03. The molecule has 140 valence electrons. The number of ether oxygens (including phenoxy) is 1. The van der Waals surface area contributed by atoms with Crippen LogP contribution in [-0.2, 0) is 18.9 Å². The second kappa shape index (κ2) is 9.01. The Morgan fingerprint density at radius 2 is 1.85 bits per heavy atom. The third-order valence-electron chi connectivity index (χ3n) is 3.66. The summed E-state index contributed by atoms with van der Waals surface area (Å²) in [6, 6.07) is 10.1. The second-order valence-electron chi connectivity index (χ2n) is 5.57. The molecular weight excluding hydrogens is 392 g/mol. The first-order valence-corrected chi connectivity index (χ1v) is 9.41. The molecule has 0 atom stereocenters. The summed E-state index contributed by atoms with van der Waals surface area (Å²) in [6.45, 7) is 4.45. The van der Waals surface area contributed by atoms with Gasteiger partial charge in [0.2, 0.25) is 0 Å². The van der Waals surface area contributed by atoms with Crippen LogP contribution in [0.5, 0.6) is 5.75 Å². The van der Waals surface area contributed by atoms with E-state index >= 15 is 0 Å². The van der Waals surface area contributed by atoms with Crippen molar-refractivity contribution >= 4 is 23.4 Å². The molecule has 0 amide bonds. The fraction of sp³-hybridized carbons (Fsp3) is 0.158. The summed E-state index contributed by atoms with van der Waals surface area (Å²) < 4.78 is 33.6. The van der Waals surface area contributed by atoms with Crippen LogP contribution >= 0.6 is 23.4 Å². The van der Waals surface area contributed by atoms with Crippen molar-refractivity contribution in [2.75, 3.05) is 0 Å². The topological polar surface area (TPSA) is 39.9 Å². The summed E-state index contributed by atoms with van der Waals surface area (Å²) >= 11 is 7.51. The molecule has 0 aliphatic heterocycles. The lowest BCUT2D eigenvalue weighted by atomic mass is 10.2. The molecule has 0 saturated carbocycles. The molecule has 8 heteroatoms. The van der Waals surface area contributed by atoms with Crippen LogP contribution in [0.25, 0.3) is 0 Å². The first-order chi connectivity index (χ1) is 13.1. The van der Waals surface area contributed by atoms with Crippen LogP contribution in [0.2, 0.25) is 5.02 Å². The maximum Gasteiger partial charge on any atom is 0.191 e. The Labute approximate surface area is 164 Å². The molecular formula is C19H16ClF2N3OS. The molecule has 27 heavy (non-hydrogen) atoms. The molecule has 3 aromatic rings. The van der Waals surface area contributed by atoms with Crippen LogP contribution in [0.4, 0.5) is 8.78 Å². The zero-order chi connectivity index (χ0) is 19.2. The van der Waals surface area contributed by atoms with Gasteiger partial charge in [-0.25, -0.2) is 8.78 Å². The Morgan fingerprint density at radius 3 is 2.56 bits per heavy atom. The van der Waals surface area contributed by atoms with Crippen molar-refractivity contribution in [3.05, 3.63) is 83.2 Å². The molecule has 0 spiro atoms. The Hall–Kier alpha value is -2.38. The van der Waals surface area contributed by atoms with Crippen molar-refractivity contribution in [3.8, 4) is 5.75 Å². The highest BCUT2D eigenvalue weighted by Crippen LogP contribution is 2.27. The molecule has 4 nitrogen and oxygen atoms in total. The van der Waals surface area contributed by atoms with E-state index in [0.29, 0.717) is 34.1 Å². The molecule has 2 aromatic carbocycles. The van der Waals surface area contributed by atoms with Crippen molar-refractivity contribution in [2.45, 2.75) is 24.1 Å². The number of hydrogen-bond donors (Lipinski definition) is 0. The van der Waals surface area contributed by atoms with E-state index in [2.05, 4.69) is 16.8 Å². The van der Waals surface area contributed by atoms with Crippen molar-refractivity contribution < 1.29 is 13.5 Å². The number of benzene rings is 2. The van der Waals surface area contributed by atoms with Gasteiger partial charge in [0.25, 0.3) is 0 Å². The second-order valence-corrected chi connectivity index (χ2v) is 6.91. The van der Waals surface area contributed by atoms with E-state index in [4.69, 9.17) is 16.3 Å². The highest BCUT2D eigenvalue weighted by Gasteiger charge is 2.13. The first kappa shape index (κ1) is 19.4. The molecule has 0 saturated heterocycles. The number of allylic oxidation sites excluding steroid dienone is 1. The minimum atomic E-state index is -0.371. The Balaban J connectivity index is 1.70. The lowest BCUT2D eigenvalue weighted by Gasteiger charge is -2.09. The number of aromatic nitrogens is 3. The van der Waals surface area contributed by atoms with Crippen LogP contribution < -0.4 is 4.74 Å².